The highest BCUT2D eigenvalue weighted by atomic mass is 16.1. The number of carbonyl (C=O) groups is 1. The summed E-state index contributed by atoms with van der Waals surface area (Å²) in [5.41, 5.74) is 4.93. The molecule has 0 rings (SSSR count). The highest BCUT2D eigenvalue weighted by Crippen LogP contribution is 1.58. The van der Waals surface area contributed by atoms with Crippen LogP contribution in [0.3, 0.4) is 0 Å². The van der Waals surface area contributed by atoms with Gasteiger partial charge in [0, 0.05) is 0 Å². The van der Waals surface area contributed by atoms with Crippen molar-refractivity contribution < 1.29 is 4.79 Å². The molecule has 0 atom stereocenters. The minimum Gasteiger partial charge on any atom is -0.340 e. The number of nitrogens with two attached hydrogens (primary N) is 1. The van der Waals surface area contributed by atoms with Crippen LogP contribution in [0, 0.1) is 0 Å². The van der Waals surface area contributed by atoms with Crippen molar-refractivity contribution in [3.8, 4) is 0 Å². The summed E-state index contributed by atoms with van der Waals surface area (Å²) >= 11 is 0. The topological polar surface area (TPSA) is 58.4 Å². The van der Waals surface area contributed by atoms with Crippen LogP contribution in [0.2, 0.25) is 0 Å². The number of nitrogens with one attached hydrogen (secondary N) is 1. The predicted octanol–water partition coefficient (Wildman–Crippen LogP) is -0.617. The molecule has 1 amide bonds. The minimum absolute atomic E-state index is 0.171. The Morgan fingerprint density at radius 1 is 1.64 bits per heavy atom. The molecule has 3 N–H and O–H groups in total. The molecule has 0 unspecified atom stereocenters. The Balaban J connectivity index is 0. The third-order valence-corrected chi connectivity index (χ3v) is 0.462. The van der Waals surface area contributed by atoms with E-state index in [9.17, 15) is 4.79 Å². The van der Waals surface area contributed by atoms with Crippen molar-refractivity contribution in [1.29, 1.82) is 0 Å². The van der Waals surface area contributed by atoms with E-state index in [-0.39, 0.29) is 12.6 Å². The molecule has 0 aromatic rings. The molecule has 0 heterocycles. The maximum Gasteiger partial charge on any atom is 0.244 e. The summed E-state index contributed by atoms with van der Waals surface area (Å²) < 4.78 is 0. The van der Waals surface area contributed by atoms with Gasteiger partial charge in [0.15, 0.2) is 0 Å². The largest absolute Gasteiger partial charge is 0.340 e. The van der Waals surface area contributed by atoms with Crippen molar-refractivity contribution in [3.05, 3.63) is 12.7 Å². The third-order valence-electron chi connectivity index (χ3n) is 0.462. The smallest absolute Gasteiger partial charge is 0.244 e. The molecule has 0 aliphatic heterocycles. The highest BCUT2D eigenvalue weighted by molar-refractivity contribution is 5.86. The lowest BCUT2D eigenvalue weighted by atomic mass is 10.6. The van der Waals surface area contributed by atoms with Gasteiger partial charge >= 0.3 is 0 Å². The van der Waals surface area contributed by atoms with E-state index in [0.717, 1.165) is 0 Å². The Kier molecular flexibility index (Phi) is 10.6. The number of carbonyl (C=O) groups excluding carboxylic acids is 1. The first-order chi connectivity index (χ1) is 5.04. The molecule has 0 aromatic heterocycles. The van der Waals surface area contributed by atoms with Gasteiger partial charge in [-0.25, -0.2) is 0 Å². The van der Waals surface area contributed by atoms with Gasteiger partial charge in [0.25, 0.3) is 0 Å². The van der Waals surface area contributed by atoms with E-state index < -0.39 is 0 Å². The first-order valence-corrected chi connectivity index (χ1v) is 3.25. The normalized spacial score (nSPS) is 8.09. The Hall–Kier alpha value is -0.870. The van der Waals surface area contributed by atoms with Gasteiger partial charge < -0.3 is 16.0 Å². The summed E-state index contributed by atoms with van der Waals surface area (Å²) in [5.74, 6) is -0.234. The zero-order chi connectivity index (χ0) is 9.28. The summed E-state index contributed by atoms with van der Waals surface area (Å²) in [6.45, 7) is 3.38. The maximum absolute atomic E-state index is 10.1. The van der Waals surface area contributed by atoms with Gasteiger partial charge in [-0.15, -0.1) is 0 Å². The number of hydrogen-bond donors (Lipinski definition) is 2. The summed E-state index contributed by atoms with van der Waals surface area (Å²) in [6.07, 6.45) is 1.17. The van der Waals surface area contributed by atoms with Crippen molar-refractivity contribution in [2.45, 2.75) is 0 Å². The Morgan fingerprint density at radius 2 is 2.00 bits per heavy atom. The lowest BCUT2D eigenvalue weighted by molar-refractivity contribution is -0.116. The zero-order valence-electron chi connectivity index (χ0n) is 7.42. The van der Waals surface area contributed by atoms with Crippen LogP contribution in [0.5, 0.6) is 0 Å². The van der Waals surface area contributed by atoms with Gasteiger partial charge in [-0.3, -0.25) is 4.79 Å². The summed E-state index contributed by atoms with van der Waals surface area (Å²) in [6, 6.07) is 0. The molecule has 0 fully saturated rings. The maximum atomic E-state index is 10.1. The molecule has 11 heavy (non-hydrogen) atoms. The van der Waals surface area contributed by atoms with E-state index in [1.807, 2.05) is 26.0 Å². The fourth-order valence-electron chi connectivity index (χ4n) is 0.173. The van der Waals surface area contributed by atoms with Crippen molar-refractivity contribution in [1.82, 2.24) is 10.2 Å². The van der Waals surface area contributed by atoms with Gasteiger partial charge in [-0.05, 0) is 27.2 Å². The molecular formula is C7H17N3O. The second-order valence-electron chi connectivity index (χ2n) is 2.29. The molecule has 0 spiro atoms. The second-order valence-corrected chi connectivity index (χ2v) is 2.29. The van der Waals surface area contributed by atoms with E-state index in [4.69, 9.17) is 5.73 Å². The number of nitrogens with zero attached hydrogens (tertiary/aromatic N) is 1. The lowest BCUT2D eigenvalue weighted by Gasteiger charge is -1.90. The van der Waals surface area contributed by atoms with E-state index in [1.54, 1.807) is 0 Å². The summed E-state index contributed by atoms with van der Waals surface area (Å²) in [7, 11) is 6.00. The number of amides is 1. The van der Waals surface area contributed by atoms with Crippen LogP contribution in [0.1, 0.15) is 0 Å². The fraction of sp³-hybridized carbons (Fsp3) is 0.571. The fourth-order valence-corrected chi connectivity index (χ4v) is 0.173. The first-order valence-electron chi connectivity index (χ1n) is 3.25. The zero-order valence-corrected chi connectivity index (χ0v) is 7.42. The SMILES string of the molecule is C=CC(=O)NCN.CN(C)C. The van der Waals surface area contributed by atoms with E-state index in [1.165, 1.54) is 6.08 Å². The van der Waals surface area contributed by atoms with Crippen molar-refractivity contribution in [2.24, 2.45) is 5.73 Å². The number of hydrogen-bond acceptors (Lipinski definition) is 3. The molecular weight excluding hydrogens is 142 g/mol. The van der Waals surface area contributed by atoms with Gasteiger partial charge in [-0.1, -0.05) is 6.58 Å². The molecule has 0 aliphatic carbocycles. The highest BCUT2D eigenvalue weighted by Gasteiger charge is 1.83. The lowest BCUT2D eigenvalue weighted by Crippen LogP contribution is -2.27. The van der Waals surface area contributed by atoms with Crippen LogP contribution in [0.25, 0.3) is 0 Å². The Bertz CT molecular complexity index is 109. The van der Waals surface area contributed by atoms with E-state index in [0.29, 0.717) is 0 Å². The van der Waals surface area contributed by atoms with E-state index >= 15 is 0 Å². The third kappa shape index (κ3) is 27.2. The molecule has 0 aliphatic rings. The van der Waals surface area contributed by atoms with Crippen LogP contribution < -0.4 is 11.1 Å². The van der Waals surface area contributed by atoms with Gasteiger partial charge in [0.1, 0.15) is 0 Å². The molecule has 66 valence electrons. The summed E-state index contributed by atoms with van der Waals surface area (Å²) in [4.78, 5) is 12.1. The molecule has 0 aromatic carbocycles. The summed E-state index contributed by atoms with van der Waals surface area (Å²) in [5, 5.41) is 2.32. The van der Waals surface area contributed by atoms with Gasteiger partial charge in [0.05, 0.1) is 6.67 Å². The molecule has 0 saturated heterocycles. The standard InChI is InChI=1S/C4H8N2O.C3H9N/c1-2-4(7)6-3-5;1-4(2)3/h2H,1,3,5H2,(H,6,7);1-3H3. The van der Waals surface area contributed by atoms with Crippen molar-refractivity contribution >= 4 is 5.91 Å². The van der Waals surface area contributed by atoms with Crippen LogP contribution in [-0.2, 0) is 4.79 Å². The Labute approximate surface area is 68.1 Å². The Morgan fingerprint density at radius 3 is 2.09 bits per heavy atom. The van der Waals surface area contributed by atoms with Crippen LogP contribution in [0.4, 0.5) is 0 Å². The molecule has 4 nitrogen and oxygen atoms in total. The first kappa shape index (κ1) is 12.8. The van der Waals surface area contributed by atoms with Crippen LogP contribution in [-0.4, -0.2) is 38.6 Å². The second kappa shape index (κ2) is 9.13. The quantitative estimate of drug-likeness (QED) is 0.417. The van der Waals surface area contributed by atoms with Gasteiger partial charge in [0.2, 0.25) is 5.91 Å². The van der Waals surface area contributed by atoms with Crippen molar-refractivity contribution in [2.75, 3.05) is 27.8 Å². The van der Waals surface area contributed by atoms with Gasteiger partial charge in [-0.2, -0.15) is 0 Å². The average molecular weight is 159 g/mol. The average Bonchev–Trinajstić information content (AvgIpc) is 1.87. The van der Waals surface area contributed by atoms with Crippen LogP contribution in [0.15, 0.2) is 12.7 Å². The van der Waals surface area contributed by atoms with E-state index in [2.05, 4.69) is 11.9 Å². The molecule has 4 heteroatoms. The molecule has 0 bridgehead atoms. The molecule has 0 radical (unpaired) electrons. The number of rotatable bonds is 2. The van der Waals surface area contributed by atoms with Crippen LogP contribution >= 0.6 is 0 Å². The molecule has 0 saturated carbocycles. The predicted molar refractivity (Wildman–Crippen MR) is 47.0 cm³/mol. The van der Waals surface area contributed by atoms with Crippen molar-refractivity contribution in [3.63, 3.8) is 0 Å². The minimum atomic E-state index is -0.234. The monoisotopic (exact) mass is 159 g/mol.